The van der Waals surface area contributed by atoms with Crippen molar-refractivity contribution in [2.45, 2.75) is 37.6 Å². The first-order valence-corrected chi connectivity index (χ1v) is 10.3. The molecule has 1 saturated heterocycles. The van der Waals surface area contributed by atoms with Crippen LogP contribution in [0, 0.1) is 0 Å². The van der Waals surface area contributed by atoms with Crippen LogP contribution < -0.4 is 15.0 Å². The monoisotopic (exact) mass is 387 g/mol. The molecule has 2 aliphatic heterocycles. The summed E-state index contributed by atoms with van der Waals surface area (Å²) in [6.07, 6.45) is 5.86. The molecule has 3 aliphatic rings. The van der Waals surface area contributed by atoms with Gasteiger partial charge in [0.25, 0.3) is 5.91 Å². The van der Waals surface area contributed by atoms with Crippen LogP contribution in [0.2, 0.25) is 0 Å². The van der Waals surface area contributed by atoms with Crippen molar-refractivity contribution in [3.05, 3.63) is 24.3 Å². The van der Waals surface area contributed by atoms with Crippen LogP contribution in [0.3, 0.4) is 0 Å². The maximum Gasteiger partial charge on any atom is 0.265 e. The zero-order valence-corrected chi connectivity index (χ0v) is 16.3. The number of carbonyl (C=O) groups is 2. The summed E-state index contributed by atoms with van der Waals surface area (Å²) in [5.41, 5.74) is 0.680. The SMILES string of the molecule is O=C(CN1C(=O)COc2ccccc21)NCC1(N2CCOCC2)CCCCC1. The molecule has 152 valence electrons. The molecular formula is C21H29N3O4. The smallest absolute Gasteiger partial charge is 0.265 e. The predicted octanol–water partition coefficient (Wildman–Crippen LogP) is 1.56. The van der Waals surface area contributed by atoms with Crippen LogP contribution in [0.25, 0.3) is 0 Å². The van der Waals surface area contributed by atoms with E-state index in [1.165, 1.54) is 24.2 Å². The highest BCUT2D eigenvalue weighted by Gasteiger charge is 2.39. The lowest BCUT2D eigenvalue weighted by atomic mass is 9.79. The second kappa shape index (κ2) is 8.49. The number of benzene rings is 1. The van der Waals surface area contributed by atoms with E-state index < -0.39 is 0 Å². The highest BCUT2D eigenvalue weighted by atomic mass is 16.5. The van der Waals surface area contributed by atoms with E-state index in [0.717, 1.165) is 39.1 Å². The number of nitrogens with one attached hydrogen (secondary N) is 1. The third-order valence-corrected chi connectivity index (χ3v) is 6.19. The fourth-order valence-corrected chi connectivity index (χ4v) is 4.64. The van der Waals surface area contributed by atoms with Crippen LogP contribution in [-0.4, -0.2) is 68.3 Å². The summed E-state index contributed by atoms with van der Waals surface area (Å²) >= 11 is 0. The van der Waals surface area contributed by atoms with Gasteiger partial charge in [-0.3, -0.25) is 19.4 Å². The number of para-hydroxylation sites is 2. The summed E-state index contributed by atoms with van der Waals surface area (Å²) in [6, 6.07) is 7.35. The number of anilines is 1. The Balaban J connectivity index is 1.41. The Morgan fingerprint density at radius 2 is 1.86 bits per heavy atom. The van der Waals surface area contributed by atoms with Gasteiger partial charge in [0.05, 0.1) is 18.9 Å². The first-order chi connectivity index (χ1) is 13.7. The molecule has 0 atom stereocenters. The average Bonchev–Trinajstić information content (AvgIpc) is 2.76. The predicted molar refractivity (Wildman–Crippen MR) is 106 cm³/mol. The number of carbonyl (C=O) groups excluding carboxylic acids is 2. The summed E-state index contributed by atoms with van der Waals surface area (Å²) in [7, 11) is 0. The van der Waals surface area contributed by atoms with Gasteiger partial charge >= 0.3 is 0 Å². The van der Waals surface area contributed by atoms with Gasteiger partial charge in [-0.15, -0.1) is 0 Å². The van der Waals surface area contributed by atoms with Crippen molar-refractivity contribution in [2.24, 2.45) is 0 Å². The van der Waals surface area contributed by atoms with Gasteiger partial charge in [-0.2, -0.15) is 0 Å². The Hall–Kier alpha value is -2.12. The number of rotatable bonds is 5. The average molecular weight is 387 g/mol. The van der Waals surface area contributed by atoms with Gasteiger partial charge in [0, 0.05) is 25.2 Å². The summed E-state index contributed by atoms with van der Waals surface area (Å²) < 4.78 is 11.0. The molecule has 7 heteroatoms. The van der Waals surface area contributed by atoms with Gasteiger partial charge < -0.3 is 14.8 Å². The maximum atomic E-state index is 12.7. The van der Waals surface area contributed by atoms with Gasteiger partial charge in [0.1, 0.15) is 12.3 Å². The Morgan fingerprint density at radius 3 is 2.64 bits per heavy atom. The minimum absolute atomic E-state index is 0.0185. The number of hydrogen-bond acceptors (Lipinski definition) is 5. The molecule has 1 saturated carbocycles. The van der Waals surface area contributed by atoms with E-state index in [1.807, 2.05) is 24.3 Å². The zero-order valence-electron chi connectivity index (χ0n) is 16.3. The summed E-state index contributed by atoms with van der Waals surface area (Å²) in [5.74, 6) is 0.338. The Bertz CT molecular complexity index is 711. The van der Waals surface area contributed by atoms with E-state index in [4.69, 9.17) is 9.47 Å². The quantitative estimate of drug-likeness (QED) is 0.830. The lowest BCUT2D eigenvalue weighted by Crippen LogP contribution is -2.60. The fourth-order valence-electron chi connectivity index (χ4n) is 4.64. The van der Waals surface area contributed by atoms with E-state index >= 15 is 0 Å². The number of nitrogens with zero attached hydrogens (tertiary/aromatic N) is 2. The van der Waals surface area contributed by atoms with Gasteiger partial charge in [-0.25, -0.2) is 0 Å². The molecule has 28 heavy (non-hydrogen) atoms. The van der Waals surface area contributed by atoms with Crippen LogP contribution >= 0.6 is 0 Å². The molecule has 0 spiro atoms. The van der Waals surface area contributed by atoms with Crippen LogP contribution in [0.1, 0.15) is 32.1 Å². The second-order valence-corrected chi connectivity index (χ2v) is 7.90. The first-order valence-electron chi connectivity index (χ1n) is 10.3. The summed E-state index contributed by atoms with van der Waals surface area (Å²) in [5, 5.41) is 3.13. The van der Waals surface area contributed by atoms with Crippen molar-refractivity contribution >= 4 is 17.5 Å². The molecule has 2 fully saturated rings. The number of fused-ring (bicyclic) bond motifs is 1. The maximum absolute atomic E-state index is 12.7. The standard InChI is InChI=1S/C21H29N3O4/c25-19(14-24-17-6-2-3-7-18(17)28-15-20(24)26)22-16-21(8-4-1-5-9-21)23-10-12-27-13-11-23/h2-3,6-7H,1,4-5,8-16H2,(H,22,25). The number of morpholine rings is 1. The molecule has 4 rings (SSSR count). The molecule has 1 aromatic rings. The largest absolute Gasteiger partial charge is 0.482 e. The van der Waals surface area contributed by atoms with Gasteiger partial charge in [-0.1, -0.05) is 31.4 Å². The Morgan fingerprint density at radius 1 is 1.11 bits per heavy atom. The molecule has 0 unspecified atom stereocenters. The molecule has 0 bridgehead atoms. The van der Waals surface area contributed by atoms with Crippen LogP contribution in [0.15, 0.2) is 24.3 Å². The van der Waals surface area contributed by atoms with Crippen LogP contribution in [0.5, 0.6) is 5.75 Å². The van der Waals surface area contributed by atoms with Crippen molar-refractivity contribution in [3.8, 4) is 5.75 Å². The summed E-state index contributed by atoms with van der Waals surface area (Å²) in [6.45, 7) is 3.99. The van der Waals surface area contributed by atoms with Gasteiger partial charge in [0.15, 0.2) is 6.61 Å². The Kier molecular flexibility index (Phi) is 5.82. The van der Waals surface area contributed by atoms with Crippen molar-refractivity contribution < 1.29 is 19.1 Å². The number of ether oxygens (including phenoxy) is 2. The first kappa shape index (κ1) is 19.2. The second-order valence-electron chi connectivity index (χ2n) is 7.90. The van der Waals surface area contributed by atoms with Crippen molar-refractivity contribution in [1.29, 1.82) is 0 Å². The normalized spacial score (nSPS) is 22.3. The van der Waals surface area contributed by atoms with Crippen LogP contribution in [-0.2, 0) is 14.3 Å². The molecule has 2 amide bonds. The number of amides is 2. The minimum atomic E-state index is -0.186. The molecule has 1 N–H and O–H groups in total. The van der Waals surface area contributed by atoms with E-state index in [0.29, 0.717) is 18.0 Å². The van der Waals surface area contributed by atoms with Crippen molar-refractivity contribution in [2.75, 3.05) is 50.9 Å². The topological polar surface area (TPSA) is 71.1 Å². The molecule has 0 aromatic heterocycles. The lowest BCUT2D eigenvalue weighted by molar-refractivity contribution is -0.126. The fraction of sp³-hybridized carbons (Fsp3) is 0.619. The van der Waals surface area contributed by atoms with Crippen LogP contribution in [0.4, 0.5) is 5.69 Å². The molecule has 1 aromatic carbocycles. The minimum Gasteiger partial charge on any atom is -0.482 e. The highest BCUT2D eigenvalue weighted by molar-refractivity contribution is 6.02. The van der Waals surface area contributed by atoms with E-state index in [-0.39, 0.29) is 30.5 Å². The van der Waals surface area contributed by atoms with E-state index in [9.17, 15) is 9.59 Å². The molecule has 0 radical (unpaired) electrons. The summed E-state index contributed by atoms with van der Waals surface area (Å²) in [4.78, 5) is 29.1. The third-order valence-electron chi connectivity index (χ3n) is 6.19. The Labute approximate surface area is 166 Å². The number of hydrogen-bond donors (Lipinski definition) is 1. The molecule has 2 heterocycles. The van der Waals surface area contributed by atoms with Gasteiger partial charge in [-0.05, 0) is 25.0 Å². The van der Waals surface area contributed by atoms with E-state index in [2.05, 4.69) is 10.2 Å². The lowest BCUT2D eigenvalue weighted by Gasteiger charge is -2.48. The van der Waals surface area contributed by atoms with Gasteiger partial charge in [0.2, 0.25) is 5.91 Å². The zero-order chi connectivity index (χ0) is 19.4. The van der Waals surface area contributed by atoms with Crippen molar-refractivity contribution in [3.63, 3.8) is 0 Å². The third kappa shape index (κ3) is 4.00. The molecule has 1 aliphatic carbocycles. The highest BCUT2D eigenvalue weighted by Crippen LogP contribution is 2.34. The molecule has 7 nitrogen and oxygen atoms in total. The van der Waals surface area contributed by atoms with E-state index in [1.54, 1.807) is 0 Å². The van der Waals surface area contributed by atoms with Crippen molar-refractivity contribution in [1.82, 2.24) is 10.2 Å². The molecular weight excluding hydrogens is 358 g/mol.